The number of likely N-dealkylation sites (N-methyl/N-ethyl adjacent to an activating group) is 1. The normalized spacial score (nSPS) is 12.0. The van der Waals surface area contributed by atoms with Crippen LogP contribution in [0.2, 0.25) is 10.0 Å². The van der Waals surface area contributed by atoms with Crippen LogP contribution >= 0.6 is 23.2 Å². The number of methoxy groups -OCH3 is 2. The molecule has 0 aliphatic heterocycles. The van der Waals surface area contributed by atoms with Crippen molar-refractivity contribution in [2.75, 3.05) is 37.9 Å². The molecule has 12 heteroatoms. The van der Waals surface area contributed by atoms with Crippen molar-refractivity contribution in [3.05, 3.63) is 52.0 Å². The summed E-state index contributed by atoms with van der Waals surface area (Å²) in [6.07, 6.45) is 1.30. The summed E-state index contributed by atoms with van der Waals surface area (Å²) in [6.45, 7) is 3.35. The smallest absolute Gasteiger partial charge is 0.244 e. The zero-order valence-electron chi connectivity index (χ0n) is 20.9. The highest BCUT2D eigenvalue weighted by atomic mass is 35.5. The summed E-state index contributed by atoms with van der Waals surface area (Å²) in [6, 6.07) is 8.51. The highest BCUT2D eigenvalue weighted by Gasteiger charge is 2.32. The molecule has 0 aliphatic carbocycles. The Balaban J connectivity index is 2.51. The average Bonchev–Trinajstić information content (AvgIpc) is 2.82. The zero-order chi connectivity index (χ0) is 27.0. The lowest BCUT2D eigenvalue weighted by Crippen LogP contribution is -2.52. The quantitative estimate of drug-likeness (QED) is 0.425. The molecule has 1 N–H and O–H groups in total. The maximum absolute atomic E-state index is 13.7. The van der Waals surface area contributed by atoms with Crippen molar-refractivity contribution >= 4 is 50.7 Å². The van der Waals surface area contributed by atoms with Gasteiger partial charge < -0.3 is 19.7 Å². The number of anilines is 1. The fourth-order valence-electron chi connectivity index (χ4n) is 3.64. The van der Waals surface area contributed by atoms with Gasteiger partial charge in [-0.05, 0) is 43.2 Å². The maximum Gasteiger partial charge on any atom is 0.244 e. The second kappa shape index (κ2) is 13.0. The van der Waals surface area contributed by atoms with E-state index in [2.05, 4.69) is 5.32 Å². The van der Waals surface area contributed by atoms with E-state index in [4.69, 9.17) is 32.7 Å². The molecule has 1 atom stereocenters. The van der Waals surface area contributed by atoms with Crippen molar-refractivity contribution in [1.29, 1.82) is 0 Å². The van der Waals surface area contributed by atoms with E-state index in [0.29, 0.717) is 40.1 Å². The maximum atomic E-state index is 13.7. The molecular weight excluding hydrogens is 529 g/mol. The van der Waals surface area contributed by atoms with Crippen molar-refractivity contribution in [3.63, 3.8) is 0 Å². The van der Waals surface area contributed by atoms with E-state index >= 15 is 0 Å². The number of nitrogens with one attached hydrogen (secondary N) is 1. The largest absolute Gasteiger partial charge is 0.493 e. The Labute approximate surface area is 222 Å². The molecule has 0 spiro atoms. The third-order valence-corrected chi connectivity index (χ3v) is 7.15. The second-order valence-electron chi connectivity index (χ2n) is 7.88. The Morgan fingerprint density at radius 1 is 1.03 bits per heavy atom. The first-order valence-corrected chi connectivity index (χ1v) is 13.8. The van der Waals surface area contributed by atoms with E-state index in [0.717, 1.165) is 10.6 Å². The van der Waals surface area contributed by atoms with Crippen LogP contribution in [0.1, 0.15) is 25.8 Å². The van der Waals surface area contributed by atoms with Gasteiger partial charge in [-0.3, -0.25) is 13.9 Å². The molecule has 2 aromatic rings. The number of halogens is 2. The van der Waals surface area contributed by atoms with Crippen LogP contribution in [0.3, 0.4) is 0 Å². The minimum absolute atomic E-state index is 0.0198. The van der Waals surface area contributed by atoms with Gasteiger partial charge in [0, 0.05) is 29.2 Å². The van der Waals surface area contributed by atoms with Crippen molar-refractivity contribution < 1.29 is 27.5 Å². The summed E-state index contributed by atoms with van der Waals surface area (Å²) in [5.41, 5.74) is 0.772. The first kappa shape index (κ1) is 29.5. The molecule has 0 bridgehead atoms. The molecule has 0 unspecified atom stereocenters. The third-order valence-electron chi connectivity index (χ3n) is 5.43. The molecule has 36 heavy (non-hydrogen) atoms. The van der Waals surface area contributed by atoms with E-state index < -0.39 is 28.5 Å². The lowest BCUT2D eigenvalue weighted by atomic mass is 10.1. The SMILES string of the molecule is CCNC(=O)[C@H](CC)N(Cc1ccc(Cl)cc1Cl)C(=O)CN(c1ccc(OC)c(OC)c1)S(C)(=O)=O. The van der Waals surface area contributed by atoms with E-state index in [9.17, 15) is 18.0 Å². The Hall–Kier alpha value is -2.69. The van der Waals surface area contributed by atoms with Gasteiger partial charge in [0.2, 0.25) is 21.8 Å². The van der Waals surface area contributed by atoms with Gasteiger partial charge in [-0.1, -0.05) is 36.2 Å². The van der Waals surface area contributed by atoms with Gasteiger partial charge in [0.05, 0.1) is 26.2 Å². The highest BCUT2D eigenvalue weighted by Crippen LogP contribution is 2.32. The first-order chi connectivity index (χ1) is 17.0. The van der Waals surface area contributed by atoms with Crippen LogP contribution in [-0.4, -0.2) is 64.7 Å². The van der Waals surface area contributed by atoms with Gasteiger partial charge in [0.15, 0.2) is 11.5 Å². The Kier molecular flexibility index (Phi) is 10.7. The predicted molar refractivity (Wildman–Crippen MR) is 142 cm³/mol. The lowest BCUT2D eigenvalue weighted by Gasteiger charge is -2.33. The Morgan fingerprint density at radius 2 is 1.69 bits per heavy atom. The number of carbonyl (C=O) groups excluding carboxylic acids is 2. The second-order valence-corrected chi connectivity index (χ2v) is 10.6. The molecular formula is C24H31Cl2N3O6S. The number of nitrogens with zero attached hydrogens (tertiary/aromatic N) is 2. The van der Waals surface area contributed by atoms with Crippen LogP contribution in [0.5, 0.6) is 11.5 Å². The first-order valence-electron chi connectivity index (χ1n) is 11.2. The summed E-state index contributed by atoms with van der Waals surface area (Å²) in [5, 5.41) is 3.49. The van der Waals surface area contributed by atoms with Crippen LogP contribution in [0.25, 0.3) is 0 Å². The van der Waals surface area contributed by atoms with E-state index in [1.54, 1.807) is 38.1 Å². The third kappa shape index (κ3) is 7.41. The molecule has 9 nitrogen and oxygen atoms in total. The van der Waals surface area contributed by atoms with E-state index in [1.807, 2.05) is 0 Å². The zero-order valence-corrected chi connectivity index (χ0v) is 23.2. The summed E-state index contributed by atoms with van der Waals surface area (Å²) in [5.74, 6) is -0.230. The number of ether oxygens (including phenoxy) is 2. The van der Waals surface area contributed by atoms with Crippen LogP contribution in [-0.2, 0) is 26.2 Å². The van der Waals surface area contributed by atoms with Gasteiger partial charge in [-0.15, -0.1) is 0 Å². The lowest BCUT2D eigenvalue weighted by molar-refractivity contribution is -0.140. The minimum Gasteiger partial charge on any atom is -0.493 e. The molecule has 0 saturated heterocycles. The predicted octanol–water partition coefficient (Wildman–Crippen LogP) is 3.72. The molecule has 0 aliphatic rings. The number of hydrogen-bond donors (Lipinski definition) is 1. The van der Waals surface area contributed by atoms with E-state index in [-0.39, 0.29) is 18.1 Å². The molecule has 2 rings (SSSR count). The minimum atomic E-state index is -3.90. The van der Waals surface area contributed by atoms with Gasteiger partial charge in [-0.25, -0.2) is 8.42 Å². The van der Waals surface area contributed by atoms with Crippen molar-refractivity contribution in [3.8, 4) is 11.5 Å². The average molecular weight is 561 g/mol. The van der Waals surface area contributed by atoms with Gasteiger partial charge >= 0.3 is 0 Å². The molecule has 2 aromatic carbocycles. The summed E-state index contributed by atoms with van der Waals surface area (Å²) >= 11 is 12.4. The standard InChI is InChI=1S/C24H31Cl2N3O6S/c1-6-20(24(31)27-7-2)28(14-16-8-9-17(25)12-19(16)26)23(30)15-29(36(5,32)33)18-10-11-21(34-3)22(13-18)35-4/h8-13,20H,6-7,14-15H2,1-5H3,(H,27,31)/t20-/m0/s1. The molecule has 0 fully saturated rings. The molecule has 2 amide bonds. The van der Waals surface area contributed by atoms with Crippen LogP contribution < -0.4 is 19.1 Å². The van der Waals surface area contributed by atoms with Crippen molar-refractivity contribution in [1.82, 2.24) is 10.2 Å². The van der Waals surface area contributed by atoms with Crippen molar-refractivity contribution in [2.24, 2.45) is 0 Å². The Morgan fingerprint density at radius 3 is 2.22 bits per heavy atom. The van der Waals surface area contributed by atoms with Crippen LogP contribution in [0.4, 0.5) is 5.69 Å². The summed E-state index contributed by atoms with van der Waals surface area (Å²) in [4.78, 5) is 27.8. The van der Waals surface area contributed by atoms with Gasteiger partial charge in [-0.2, -0.15) is 0 Å². The fourth-order valence-corrected chi connectivity index (χ4v) is 4.95. The number of benzene rings is 2. The van der Waals surface area contributed by atoms with E-state index in [1.165, 1.54) is 31.3 Å². The topological polar surface area (TPSA) is 105 Å². The molecule has 0 radical (unpaired) electrons. The van der Waals surface area contributed by atoms with Crippen molar-refractivity contribution in [2.45, 2.75) is 32.9 Å². The number of amides is 2. The molecule has 0 heterocycles. The number of hydrogen-bond acceptors (Lipinski definition) is 6. The number of carbonyl (C=O) groups is 2. The van der Waals surface area contributed by atoms with Crippen LogP contribution in [0.15, 0.2) is 36.4 Å². The number of sulfonamides is 1. The number of rotatable bonds is 12. The highest BCUT2D eigenvalue weighted by molar-refractivity contribution is 7.92. The Bertz CT molecular complexity index is 1190. The molecule has 0 aromatic heterocycles. The molecule has 0 saturated carbocycles. The van der Waals surface area contributed by atoms with Gasteiger partial charge in [0.1, 0.15) is 12.6 Å². The molecule has 198 valence electrons. The van der Waals surface area contributed by atoms with Crippen LogP contribution in [0, 0.1) is 0 Å². The van der Waals surface area contributed by atoms with Gasteiger partial charge in [0.25, 0.3) is 0 Å². The summed E-state index contributed by atoms with van der Waals surface area (Å²) < 4.78 is 36.9. The summed E-state index contributed by atoms with van der Waals surface area (Å²) in [7, 11) is -1.01. The fraction of sp³-hybridized carbons (Fsp3) is 0.417. The monoisotopic (exact) mass is 559 g/mol.